The Hall–Kier alpha value is -2.47. The zero-order valence-corrected chi connectivity index (χ0v) is 12.9. The van der Waals surface area contributed by atoms with Gasteiger partial charge in [0, 0.05) is 19.6 Å². The van der Waals surface area contributed by atoms with Gasteiger partial charge >= 0.3 is 6.03 Å². The lowest BCUT2D eigenvalue weighted by molar-refractivity contribution is 0.116. The van der Waals surface area contributed by atoms with Crippen LogP contribution in [0.25, 0.3) is 0 Å². The molecule has 2 heterocycles. The van der Waals surface area contributed by atoms with Crippen LogP contribution in [0.1, 0.15) is 11.6 Å². The van der Waals surface area contributed by atoms with Crippen LogP contribution in [-0.2, 0) is 0 Å². The second-order valence-electron chi connectivity index (χ2n) is 5.67. The molecule has 0 bridgehead atoms. The van der Waals surface area contributed by atoms with E-state index in [1.165, 1.54) is 12.1 Å². The first kappa shape index (κ1) is 15.4. The highest BCUT2D eigenvalue weighted by atomic mass is 19.1. The molecule has 1 fully saturated rings. The fraction of sp³-hybridized carbons (Fsp3) is 0.294. The molecule has 23 heavy (non-hydrogen) atoms. The molecule has 1 atom stereocenters. The van der Waals surface area contributed by atoms with E-state index < -0.39 is 5.82 Å². The topological polar surface area (TPSA) is 48.5 Å². The van der Waals surface area contributed by atoms with E-state index in [0.717, 1.165) is 24.8 Å². The van der Waals surface area contributed by atoms with E-state index in [9.17, 15) is 9.18 Å². The summed E-state index contributed by atoms with van der Waals surface area (Å²) in [5.41, 5.74) is 1.10. The number of hydrogen-bond acceptors (Lipinski definition) is 3. The molecule has 0 radical (unpaired) electrons. The molecule has 1 aliphatic rings. The Labute approximate surface area is 134 Å². The standard InChI is InChI=1S/C17H19FN4O/c1-21-9-10-22(15(12-21)13-5-3-2-4-6-13)17(23)20-16-8-7-14(18)11-19-16/h2-8,11,15H,9-10,12H2,1H3,(H,19,20,23). The number of aromatic nitrogens is 1. The van der Waals surface area contributed by atoms with Gasteiger partial charge in [-0.05, 0) is 24.7 Å². The van der Waals surface area contributed by atoms with E-state index in [0.29, 0.717) is 12.4 Å². The smallest absolute Gasteiger partial charge is 0.315 e. The number of halogens is 1. The van der Waals surface area contributed by atoms with E-state index in [1.54, 1.807) is 4.90 Å². The van der Waals surface area contributed by atoms with E-state index in [4.69, 9.17) is 0 Å². The van der Waals surface area contributed by atoms with Crippen molar-refractivity contribution in [2.75, 3.05) is 32.0 Å². The highest BCUT2D eigenvalue weighted by Gasteiger charge is 2.30. The summed E-state index contributed by atoms with van der Waals surface area (Å²) in [5.74, 6) is -0.0769. The number of rotatable bonds is 2. The van der Waals surface area contributed by atoms with Crippen molar-refractivity contribution in [2.45, 2.75) is 6.04 Å². The number of pyridine rings is 1. The van der Waals surface area contributed by atoms with Crippen LogP contribution in [0.5, 0.6) is 0 Å². The van der Waals surface area contributed by atoms with Crippen molar-refractivity contribution < 1.29 is 9.18 Å². The number of urea groups is 1. The van der Waals surface area contributed by atoms with Crippen LogP contribution in [-0.4, -0.2) is 47.5 Å². The number of benzene rings is 1. The van der Waals surface area contributed by atoms with Crippen LogP contribution in [0, 0.1) is 5.82 Å². The van der Waals surface area contributed by atoms with Gasteiger partial charge in [-0.25, -0.2) is 14.2 Å². The molecule has 1 aromatic carbocycles. The normalized spacial score (nSPS) is 18.7. The van der Waals surface area contributed by atoms with Crippen LogP contribution in [0.4, 0.5) is 15.0 Å². The first-order valence-electron chi connectivity index (χ1n) is 7.56. The molecule has 1 unspecified atom stereocenters. The summed E-state index contributed by atoms with van der Waals surface area (Å²) in [6.07, 6.45) is 1.09. The Morgan fingerprint density at radius 3 is 2.70 bits per heavy atom. The molecule has 2 aromatic rings. The highest BCUT2D eigenvalue weighted by Crippen LogP contribution is 2.25. The summed E-state index contributed by atoms with van der Waals surface area (Å²) in [4.78, 5) is 20.5. The van der Waals surface area contributed by atoms with Gasteiger partial charge in [0.1, 0.15) is 11.6 Å². The molecular weight excluding hydrogens is 295 g/mol. The quantitative estimate of drug-likeness (QED) is 0.927. The van der Waals surface area contributed by atoms with Crippen LogP contribution >= 0.6 is 0 Å². The first-order chi connectivity index (χ1) is 11.1. The minimum absolute atomic E-state index is 0.0181. The van der Waals surface area contributed by atoms with Crippen molar-refractivity contribution in [3.63, 3.8) is 0 Å². The molecule has 1 aromatic heterocycles. The van der Waals surface area contributed by atoms with Gasteiger partial charge in [-0.15, -0.1) is 0 Å². The van der Waals surface area contributed by atoms with Crippen molar-refractivity contribution in [2.24, 2.45) is 0 Å². The van der Waals surface area contributed by atoms with Crippen molar-refractivity contribution in [1.82, 2.24) is 14.8 Å². The second kappa shape index (κ2) is 6.75. The van der Waals surface area contributed by atoms with Crippen LogP contribution in [0.15, 0.2) is 48.7 Å². The maximum absolute atomic E-state index is 12.9. The molecule has 3 rings (SSSR count). The Kier molecular flexibility index (Phi) is 4.52. The number of likely N-dealkylation sites (N-methyl/N-ethyl adjacent to an activating group) is 1. The fourth-order valence-electron chi connectivity index (χ4n) is 2.75. The number of carbonyl (C=O) groups is 1. The average Bonchev–Trinajstić information content (AvgIpc) is 2.57. The Bertz CT molecular complexity index is 662. The van der Waals surface area contributed by atoms with Crippen LogP contribution in [0.3, 0.4) is 0 Å². The van der Waals surface area contributed by atoms with Gasteiger partial charge in [0.2, 0.25) is 0 Å². The molecule has 0 saturated carbocycles. The van der Waals surface area contributed by atoms with Gasteiger partial charge < -0.3 is 9.80 Å². The minimum atomic E-state index is -0.426. The summed E-state index contributed by atoms with van der Waals surface area (Å²) in [6.45, 7) is 2.21. The molecule has 1 saturated heterocycles. The van der Waals surface area contributed by atoms with Crippen molar-refractivity contribution >= 4 is 11.8 Å². The zero-order valence-electron chi connectivity index (χ0n) is 12.9. The van der Waals surface area contributed by atoms with Gasteiger partial charge in [0.25, 0.3) is 0 Å². The molecule has 5 nitrogen and oxygen atoms in total. The highest BCUT2D eigenvalue weighted by molar-refractivity contribution is 5.88. The number of nitrogens with zero attached hydrogens (tertiary/aromatic N) is 3. The van der Waals surface area contributed by atoms with Crippen LogP contribution in [0.2, 0.25) is 0 Å². The summed E-state index contributed by atoms with van der Waals surface area (Å²) in [5, 5.41) is 2.74. The number of amides is 2. The largest absolute Gasteiger partial charge is 0.323 e. The second-order valence-corrected chi connectivity index (χ2v) is 5.67. The van der Waals surface area contributed by atoms with Gasteiger partial charge in [-0.2, -0.15) is 0 Å². The minimum Gasteiger partial charge on any atom is -0.315 e. The molecule has 1 N–H and O–H groups in total. The van der Waals surface area contributed by atoms with Gasteiger partial charge in [0.05, 0.1) is 12.2 Å². The van der Waals surface area contributed by atoms with Crippen molar-refractivity contribution in [3.05, 3.63) is 60.0 Å². The maximum atomic E-state index is 12.9. The molecule has 6 heteroatoms. The lowest BCUT2D eigenvalue weighted by Crippen LogP contribution is -2.50. The lowest BCUT2D eigenvalue weighted by Gasteiger charge is -2.40. The van der Waals surface area contributed by atoms with E-state index in [1.807, 2.05) is 37.4 Å². The van der Waals surface area contributed by atoms with Gasteiger partial charge in [-0.3, -0.25) is 5.32 Å². The summed E-state index contributed by atoms with van der Waals surface area (Å²) < 4.78 is 12.9. The van der Waals surface area contributed by atoms with E-state index in [2.05, 4.69) is 15.2 Å². The number of hydrogen-bond donors (Lipinski definition) is 1. The summed E-state index contributed by atoms with van der Waals surface area (Å²) in [7, 11) is 2.05. The Balaban J connectivity index is 1.78. The number of nitrogens with one attached hydrogen (secondary N) is 1. The Morgan fingerprint density at radius 1 is 1.22 bits per heavy atom. The average molecular weight is 314 g/mol. The number of anilines is 1. The fourth-order valence-corrected chi connectivity index (χ4v) is 2.75. The van der Waals surface area contributed by atoms with E-state index in [-0.39, 0.29) is 12.1 Å². The summed E-state index contributed by atoms with van der Waals surface area (Å²) >= 11 is 0. The van der Waals surface area contributed by atoms with Gasteiger partial charge in [0.15, 0.2) is 0 Å². The molecule has 2 amide bonds. The maximum Gasteiger partial charge on any atom is 0.323 e. The van der Waals surface area contributed by atoms with Crippen molar-refractivity contribution in [3.8, 4) is 0 Å². The first-order valence-corrected chi connectivity index (χ1v) is 7.56. The third kappa shape index (κ3) is 3.65. The predicted molar refractivity (Wildman–Crippen MR) is 86.6 cm³/mol. The van der Waals surface area contributed by atoms with Crippen LogP contribution < -0.4 is 5.32 Å². The number of piperazine rings is 1. The zero-order chi connectivity index (χ0) is 16.2. The molecule has 0 spiro atoms. The van der Waals surface area contributed by atoms with Crippen molar-refractivity contribution in [1.29, 1.82) is 0 Å². The lowest BCUT2D eigenvalue weighted by atomic mass is 10.0. The molecule has 1 aliphatic heterocycles. The Morgan fingerprint density at radius 2 is 2.00 bits per heavy atom. The number of carbonyl (C=O) groups excluding carboxylic acids is 1. The molecule has 0 aliphatic carbocycles. The monoisotopic (exact) mass is 314 g/mol. The van der Waals surface area contributed by atoms with E-state index >= 15 is 0 Å². The predicted octanol–water partition coefficient (Wildman–Crippen LogP) is 2.74. The van der Waals surface area contributed by atoms with Gasteiger partial charge in [-0.1, -0.05) is 30.3 Å². The SMILES string of the molecule is CN1CCN(C(=O)Nc2ccc(F)cn2)C(c2ccccc2)C1. The molecular formula is C17H19FN4O. The third-order valence-electron chi connectivity index (χ3n) is 3.99. The summed E-state index contributed by atoms with van der Waals surface area (Å²) in [6, 6.07) is 12.5. The third-order valence-corrected chi connectivity index (χ3v) is 3.99. The molecule has 120 valence electrons.